The third-order valence-corrected chi connectivity index (χ3v) is 3.48. The Balaban J connectivity index is 2.19. The first kappa shape index (κ1) is 15.6. The monoisotopic (exact) mass is 256 g/mol. The molecule has 0 aliphatic carbocycles. The number of ketones is 1. The zero-order valence-electron chi connectivity index (χ0n) is 12.3. The van der Waals surface area contributed by atoms with Crippen LogP contribution in [0.5, 0.6) is 0 Å². The van der Waals surface area contributed by atoms with Crippen LogP contribution in [-0.4, -0.2) is 18.0 Å². The fourth-order valence-corrected chi connectivity index (χ4v) is 2.12. The van der Waals surface area contributed by atoms with Crippen molar-refractivity contribution in [2.45, 2.75) is 84.8 Å². The van der Waals surface area contributed by atoms with Gasteiger partial charge in [0.25, 0.3) is 0 Å². The summed E-state index contributed by atoms with van der Waals surface area (Å²) in [6, 6.07) is 0. The molecule has 18 heavy (non-hydrogen) atoms. The Hall–Kier alpha value is -0.410. The summed E-state index contributed by atoms with van der Waals surface area (Å²) in [5.41, 5.74) is -0.275. The van der Waals surface area contributed by atoms with Gasteiger partial charge in [0.05, 0.1) is 6.10 Å². The molecule has 2 atom stereocenters. The minimum atomic E-state index is -0.275. The Labute approximate surface area is 111 Å². The largest absolute Gasteiger partial charge is 0.299 e. The Bertz CT molecular complexity index is 255. The molecule has 0 bridgehead atoms. The number of Topliss-reactive ketones (excluding diaryl/α,β-unsaturated/α-hetero) is 1. The van der Waals surface area contributed by atoms with Gasteiger partial charge in [0.1, 0.15) is 11.9 Å². The van der Waals surface area contributed by atoms with E-state index in [1.807, 2.05) is 20.8 Å². The van der Waals surface area contributed by atoms with Crippen LogP contribution >= 0.6 is 0 Å². The van der Waals surface area contributed by atoms with Crippen molar-refractivity contribution in [2.24, 2.45) is 5.41 Å². The van der Waals surface area contributed by atoms with E-state index < -0.39 is 0 Å². The fourth-order valence-electron chi connectivity index (χ4n) is 2.12. The topological polar surface area (TPSA) is 35.5 Å². The summed E-state index contributed by atoms with van der Waals surface area (Å²) in [5.74, 6) is 0.253. The van der Waals surface area contributed by atoms with E-state index in [0.717, 1.165) is 12.8 Å². The summed E-state index contributed by atoms with van der Waals surface area (Å²) in [7, 11) is 0. The number of hydrogen-bond donors (Lipinski definition) is 0. The second kappa shape index (κ2) is 7.25. The minimum Gasteiger partial charge on any atom is -0.299 e. The van der Waals surface area contributed by atoms with Crippen LogP contribution in [-0.2, 0) is 14.6 Å². The van der Waals surface area contributed by atoms with Crippen LogP contribution in [0.4, 0.5) is 0 Å². The zero-order valence-corrected chi connectivity index (χ0v) is 12.3. The van der Waals surface area contributed by atoms with Gasteiger partial charge in [-0.25, -0.2) is 9.78 Å². The highest BCUT2D eigenvalue weighted by Gasteiger charge is 2.32. The van der Waals surface area contributed by atoms with Gasteiger partial charge in [-0.3, -0.25) is 4.79 Å². The quantitative estimate of drug-likeness (QED) is 0.509. The molecule has 1 aliphatic heterocycles. The Kier molecular flexibility index (Phi) is 6.30. The molecule has 2 unspecified atom stereocenters. The molecule has 106 valence electrons. The first-order chi connectivity index (χ1) is 8.43. The molecule has 0 saturated carbocycles. The van der Waals surface area contributed by atoms with Gasteiger partial charge in [-0.2, -0.15) is 0 Å². The highest BCUT2D eigenvalue weighted by molar-refractivity contribution is 5.84. The molecule has 1 aliphatic rings. The molecular formula is C15H28O3. The molecule has 1 saturated heterocycles. The molecule has 0 N–H and O–H groups in total. The number of carbonyl (C=O) groups is 1. The van der Waals surface area contributed by atoms with Crippen LogP contribution in [0.2, 0.25) is 0 Å². The van der Waals surface area contributed by atoms with Crippen LogP contribution < -0.4 is 0 Å². The number of hydrogen-bond acceptors (Lipinski definition) is 3. The highest BCUT2D eigenvalue weighted by atomic mass is 17.2. The molecule has 3 heteroatoms. The highest BCUT2D eigenvalue weighted by Crippen LogP contribution is 2.27. The molecule has 0 amide bonds. The molecule has 0 spiro atoms. The van der Waals surface area contributed by atoms with Crippen LogP contribution in [0, 0.1) is 5.41 Å². The van der Waals surface area contributed by atoms with E-state index in [1.165, 1.54) is 25.7 Å². The molecule has 3 nitrogen and oxygen atoms in total. The number of unbranched alkanes of at least 4 members (excludes halogenated alkanes) is 3. The van der Waals surface area contributed by atoms with Crippen molar-refractivity contribution in [3.8, 4) is 0 Å². The van der Waals surface area contributed by atoms with Gasteiger partial charge < -0.3 is 0 Å². The van der Waals surface area contributed by atoms with E-state index in [2.05, 4.69) is 6.92 Å². The molecule has 1 rings (SSSR count). The summed E-state index contributed by atoms with van der Waals surface area (Å²) < 4.78 is 0. The van der Waals surface area contributed by atoms with Crippen molar-refractivity contribution in [2.75, 3.05) is 0 Å². The van der Waals surface area contributed by atoms with Crippen molar-refractivity contribution in [3.63, 3.8) is 0 Å². The maximum Gasteiger partial charge on any atom is 0.140 e. The molecule has 1 fully saturated rings. The Morgan fingerprint density at radius 1 is 1.11 bits per heavy atom. The third-order valence-electron chi connectivity index (χ3n) is 3.48. The van der Waals surface area contributed by atoms with Crippen molar-refractivity contribution in [1.82, 2.24) is 0 Å². The Morgan fingerprint density at radius 3 is 2.39 bits per heavy atom. The number of rotatable bonds is 7. The molecule has 1 heterocycles. The first-order valence-corrected chi connectivity index (χ1v) is 7.29. The molecule has 0 aromatic heterocycles. The summed E-state index contributed by atoms with van der Waals surface area (Å²) >= 11 is 0. The summed E-state index contributed by atoms with van der Waals surface area (Å²) in [6.07, 6.45) is 7.57. The van der Waals surface area contributed by atoms with Crippen molar-refractivity contribution in [3.05, 3.63) is 0 Å². The van der Waals surface area contributed by atoms with E-state index in [9.17, 15) is 4.79 Å². The second-order valence-corrected chi connectivity index (χ2v) is 6.40. The van der Waals surface area contributed by atoms with E-state index in [4.69, 9.17) is 9.78 Å². The predicted molar refractivity (Wildman–Crippen MR) is 72.2 cm³/mol. The van der Waals surface area contributed by atoms with Gasteiger partial charge in [0.15, 0.2) is 0 Å². The zero-order chi connectivity index (χ0) is 13.6. The van der Waals surface area contributed by atoms with Crippen molar-refractivity contribution >= 4 is 5.78 Å². The predicted octanol–water partition coefficient (Wildman–Crippen LogP) is 4.05. The molecular weight excluding hydrogens is 228 g/mol. The smallest absolute Gasteiger partial charge is 0.140 e. The minimum absolute atomic E-state index is 0.0344. The van der Waals surface area contributed by atoms with Gasteiger partial charge in [0, 0.05) is 18.3 Å². The average molecular weight is 256 g/mol. The van der Waals surface area contributed by atoms with E-state index in [1.54, 1.807) is 0 Å². The summed E-state index contributed by atoms with van der Waals surface area (Å²) in [5, 5.41) is 0. The van der Waals surface area contributed by atoms with Crippen LogP contribution in [0.1, 0.15) is 72.6 Å². The van der Waals surface area contributed by atoms with Gasteiger partial charge >= 0.3 is 0 Å². The molecule has 0 radical (unpaired) electrons. The lowest BCUT2D eigenvalue weighted by atomic mass is 9.87. The first-order valence-electron chi connectivity index (χ1n) is 7.29. The van der Waals surface area contributed by atoms with E-state index in [0.29, 0.717) is 6.42 Å². The summed E-state index contributed by atoms with van der Waals surface area (Å²) in [4.78, 5) is 22.5. The SMILES string of the molecule is CCCCCCC1CC(CC(=O)C(C)(C)C)OO1. The van der Waals surface area contributed by atoms with Gasteiger partial charge in [0.2, 0.25) is 0 Å². The van der Waals surface area contributed by atoms with Crippen molar-refractivity contribution in [1.29, 1.82) is 0 Å². The maximum absolute atomic E-state index is 11.9. The lowest BCUT2D eigenvalue weighted by Gasteiger charge is -2.17. The fraction of sp³-hybridized carbons (Fsp3) is 0.933. The van der Waals surface area contributed by atoms with Gasteiger partial charge in [-0.1, -0.05) is 53.4 Å². The van der Waals surface area contributed by atoms with Crippen LogP contribution in [0.25, 0.3) is 0 Å². The lowest BCUT2D eigenvalue weighted by Crippen LogP contribution is -2.25. The Morgan fingerprint density at radius 2 is 1.78 bits per heavy atom. The average Bonchev–Trinajstić information content (AvgIpc) is 2.71. The van der Waals surface area contributed by atoms with Gasteiger partial charge in [-0.15, -0.1) is 0 Å². The molecule has 0 aromatic carbocycles. The summed E-state index contributed by atoms with van der Waals surface area (Å²) in [6.45, 7) is 8.07. The third kappa shape index (κ3) is 5.49. The second-order valence-electron chi connectivity index (χ2n) is 6.40. The van der Waals surface area contributed by atoms with Crippen molar-refractivity contribution < 1.29 is 14.6 Å². The maximum atomic E-state index is 11.9. The van der Waals surface area contributed by atoms with E-state index in [-0.39, 0.29) is 23.4 Å². The molecule has 0 aromatic rings. The van der Waals surface area contributed by atoms with Crippen LogP contribution in [0.3, 0.4) is 0 Å². The van der Waals surface area contributed by atoms with E-state index >= 15 is 0 Å². The van der Waals surface area contributed by atoms with Crippen LogP contribution in [0.15, 0.2) is 0 Å². The standard InChI is InChI=1S/C15H28O3/c1-5-6-7-8-9-12-10-13(18-17-12)11-14(16)15(2,3)4/h12-13H,5-11H2,1-4H3. The normalized spacial score (nSPS) is 24.4. The number of carbonyl (C=O) groups excluding carboxylic acids is 1. The van der Waals surface area contributed by atoms with Gasteiger partial charge in [-0.05, 0) is 6.42 Å². The lowest BCUT2D eigenvalue weighted by molar-refractivity contribution is -0.297.